The largest absolute Gasteiger partial charge is 0.464 e. The molecule has 0 N–H and O–H groups in total. The van der Waals surface area contributed by atoms with Crippen LogP contribution in [0.3, 0.4) is 0 Å². The Morgan fingerprint density at radius 2 is 1.31 bits per heavy atom. The molecule has 3 nitrogen and oxygen atoms in total. The maximum Gasteiger partial charge on any atom is 0.320 e. The smallest absolute Gasteiger partial charge is 0.320 e. The van der Waals surface area contributed by atoms with E-state index in [9.17, 15) is 4.79 Å². The van der Waals surface area contributed by atoms with Crippen LogP contribution < -0.4 is 0 Å². The molecule has 4 heteroatoms. The number of carbonyl (C=O) groups is 1. The Balaban J connectivity index is 0. The number of allylic oxidation sites excluding steroid dienone is 2. The van der Waals surface area contributed by atoms with Gasteiger partial charge in [-0.3, -0.25) is 9.69 Å². The lowest BCUT2D eigenvalue weighted by atomic mass is 10.1. The third kappa shape index (κ3) is 24.0. The number of esters is 1. The molecule has 0 aliphatic rings. The highest BCUT2D eigenvalue weighted by Gasteiger charge is 2.12. The zero-order valence-corrected chi connectivity index (χ0v) is 23.6. The zero-order chi connectivity index (χ0) is 23.2. The van der Waals surface area contributed by atoms with Gasteiger partial charge in [0.15, 0.2) is 0 Å². The highest BCUT2D eigenvalue weighted by molar-refractivity contribution is 8.93. The molecule has 0 fully saturated rings. The molecule has 0 rings (SSSR count). The number of hydrogen-bond donors (Lipinski definition) is 0. The van der Waals surface area contributed by atoms with E-state index in [-0.39, 0.29) is 23.0 Å². The van der Waals surface area contributed by atoms with Crippen LogP contribution in [0.1, 0.15) is 124 Å². The number of carbonyl (C=O) groups excluding carboxylic acids is 1. The van der Waals surface area contributed by atoms with Gasteiger partial charge in [-0.25, -0.2) is 0 Å². The Kier molecular flexibility index (Phi) is 26.2. The number of halogens is 1. The summed E-state index contributed by atoms with van der Waals surface area (Å²) in [5, 5.41) is 0. The SMILES string of the molecule is Br.C=C(CCC=C(C)C)CCOC(=O)CN(CCCCCCCC)CCCCCCCC. The molecule has 0 aliphatic carbocycles. The van der Waals surface area contributed by atoms with Gasteiger partial charge in [0.05, 0.1) is 13.2 Å². The average Bonchev–Trinajstić information content (AvgIpc) is 2.72. The quantitative estimate of drug-likeness (QED) is 0.0818. The summed E-state index contributed by atoms with van der Waals surface area (Å²) >= 11 is 0. The number of unbranched alkanes of at least 4 members (excludes halogenated alkanes) is 10. The number of ether oxygens (including phenoxy) is 1. The number of hydrogen-bond acceptors (Lipinski definition) is 3. The third-order valence-corrected chi connectivity index (χ3v) is 5.78. The molecule has 0 atom stereocenters. The predicted molar refractivity (Wildman–Crippen MR) is 147 cm³/mol. The molecular formula is C28H54BrNO2. The maximum atomic E-state index is 12.4. The summed E-state index contributed by atoms with van der Waals surface area (Å²) in [7, 11) is 0. The maximum absolute atomic E-state index is 12.4. The van der Waals surface area contributed by atoms with Gasteiger partial charge in [0.1, 0.15) is 0 Å². The molecule has 0 amide bonds. The normalized spacial score (nSPS) is 10.7. The first kappa shape index (κ1) is 33.6. The van der Waals surface area contributed by atoms with Gasteiger partial charge in [-0.15, -0.1) is 17.0 Å². The first-order chi connectivity index (χ1) is 15.0. The van der Waals surface area contributed by atoms with Crippen molar-refractivity contribution in [3.8, 4) is 0 Å². The molecule has 0 bridgehead atoms. The van der Waals surface area contributed by atoms with Crippen LogP contribution in [0.2, 0.25) is 0 Å². The van der Waals surface area contributed by atoms with Crippen LogP contribution in [-0.4, -0.2) is 37.1 Å². The van der Waals surface area contributed by atoms with E-state index in [0.717, 1.165) is 32.4 Å². The molecule has 0 aromatic carbocycles. The lowest BCUT2D eigenvalue weighted by Crippen LogP contribution is -2.33. The molecule has 0 saturated carbocycles. The Morgan fingerprint density at radius 3 is 1.81 bits per heavy atom. The van der Waals surface area contributed by atoms with Crippen LogP contribution in [-0.2, 0) is 9.53 Å². The number of nitrogens with zero attached hydrogens (tertiary/aromatic N) is 1. The second-order valence-electron chi connectivity index (χ2n) is 9.35. The molecule has 0 aromatic heterocycles. The summed E-state index contributed by atoms with van der Waals surface area (Å²) in [6.45, 7) is 15.8. The van der Waals surface area contributed by atoms with Crippen LogP contribution in [0.5, 0.6) is 0 Å². The molecule has 32 heavy (non-hydrogen) atoms. The van der Waals surface area contributed by atoms with Gasteiger partial charge in [-0.1, -0.05) is 102 Å². The fourth-order valence-electron chi connectivity index (χ4n) is 3.73. The van der Waals surface area contributed by atoms with Crippen LogP contribution >= 0.6 is 17.0 Å². The van der Waals surface area contributed by atoms with Gasteiger partial charge in [0.2, 0.25) is 0 Å². The summed E-state index contributed by atoms with van der Waals surface area (Å²) in [6.07, 6.45) is 20.5. The van der Waals surface area contributed by atoms with E-state index in [2.05, 4.69) is 45.2 Å². The van der Waals surface area contributed by atoms with Crippen molar-refractivity contribution in [3.05, 3.63) is 23.8 Å². The summed E-state index contributed by atoms with van der Waals surface area (Å²) in [5.41, 5.74) is 2.51. The van der Waals surface area contributed by atoms with Gasteiger partial charge in [-0.2, -0.15) is 0 Å². The van der Waals surface area contributed by atoms with E-state index in [4.69, 9.17) is 4.74 Å². The molecule has 0 saturated heterocycles. The van der Waals surface area contributed by atoms with Crippen LogP contribution in [0, 0.1) is 0 Å². The van der Waals surface area contributed by atoms with Crippen molar-refractivity contribution >= 4 is 23.0 Å². The summed E-state index contributed by atoms with van der Waals surface area (Å²) in [5.74, 6) is -0.0749. The summed E-state index contributed by atoms with van der Waals surface area (Å²) in [6, 6.07) is 0. The Labute approximate surface area is 211 Å². The Morgan fingerprint density at radius 1 is 0.812 bits per heavy atom. The highest BCUT2D eigenvalue weighted by atomic mass is 79.9. The first-order valence-electron chi connectivity index (χ1n) is 13.2. The standard InChI is InChI=1S/C28H53NO2.BrH/c1-6-8-10-12-14-16-22-29(23-17-15-13-11-9-7-2)25-28(30)31-24-21-27(5)20-18-19-26(3)4;/h19H,5-18,20-25H2,1-4H3;1H. The summed E-state index contributed by atoms with van der Waals surface area (Å²) in [4.78, 5) is 14.7. The minimum absolute atomic E-state index is 0. The molecule has 0 unspecified atom stereocenters. The molecule has 190 valence electrons. The van der Waals surface area contributed by atoms with E-state index in [0.29, 0.717) is 13.2 Å². The topological polar surface area (TPSA) is 29.5 Å². The summed E-state index contributed by atoms with van der Waals surface area (Å²) < 4.78 is 5.53. The van der Waals surface area contributed by atoms with Gasteiger partial charge >= 0.3 is 5.97 Å². The molecule has 0 aromatic rings. The van der Waals surface area contributed by atoms with Crippen molar-refractivity contribution in [3.63, 3.8) is 0 Å². The fraction of sp³-hybridized carbons (Fsp3) is 0.821. The lowest BCUT2D eigenvalue weighted by molar-refractivity contribution is -0.144. The van der Waals surface area contributed by atoms with E-state index in [1.54, 1.807) is 0 Å². The average molecular weight is 517 g/mol. The van der Waals surface area contributed by atoms with E-state index >= 15 is 0 Å². The Hall–Kier alpha value is -0.610. The van der Waals surface area contributed by atoms with E-state index in [1.165, 1.54) is 88.2 Å². The molecule has 0 aliphatic heterocycles. The van der Waals surface area contributed by atoms with Crippen molar-refractivity contribution in [2.24, 2.45) is 0 Å². The minimum atomic E-state index is -0.0749. The third-order valence-electron chi connectivity index (χ3n) is 5.78. The van der Waals surface area contributed by atoms with E-state index < -0.39 is 0 Å². The van der Waals surface area contributed by atoms with Crippen molar-refractivity contribution in [1.82, 2.24) is 4.90 Å². The predicted octanol–water partition coefficient (Wildman–Crippen LogP) is 8.82. The molecule has 0 heterocycles. The molecule has 0 spiro atoms. The van der Waals surface area contributed by atoms with Crippen molar-refractivity contribution < 1.29 is 9.53 Å². The highest BCUT2D eigenvalue weighted by Crippen LogP contribution is 2.11. The zero-order valence-electron chi connectivity index (χ0n) is 21.9. The van der Waals surface area contributed by atoms with Gasteiger partial charge < -0.3 is 4.74 Å². The van der Waals surface area contributed by atoms with E-state index in [1.807, 2.05) is 0 Å². The second kappa shape index (κ2) is 25.0. The van der Waals surface area contributed by atoms with Crippen LogP contribution in [0.15, 0.2) is 23.8 Å². The monoisotopic (exact) mass is 515 g/mol. The minimum Gasteiger partial charge on any atom is -0.464 e. The lowest BCUT2D eigenvalue weighted by Gasteiger charge is -2.21. The fourth-order valence-corrected chi connectivity index (χ4v) is 3.73. The van der Waals surface area contributed by atoms with Gasteiger partial charge in [0, 0.05) is 6.42 Å². The van der Waals surface area contributed by atoms with Gasteiger partial charge in [0.25, 0.3) is 0 Å². The Bertz CT molecular complexity index is 456. The van der Waals surface area contributed by atoms with Crippen molar-refractivity contribution in [2.75, 3.05) is 26.2 Å². The number of rotatable bonds is 22. The van der Waals surface area contributed by atoms with Crippen molar-refractivity contribution in [1.29, 1.82) is 0 Å². The van der Waals surface area contributed by atoms with Gasteiger partial charge in [-0.05, 0) is 52.6 Å². The van der Waals surface area contributed by atoms with Crippen molar-refractivity contribution in [2.45, 2.75) is 124 Å². The molecular weight excluding hydrogens is 462 g/mol. The second-order valence-corrected chi connectivity index (χ2v) is 9.35. The van der Waals surface area contributed by atoms with Crippen LogP contribution in [0.25, 0.3) is 0 Å². The molecule has 0 radical (unpaired) electrons. The first-order valence-corrected chi connectivity index (χ1v) is 13.2. The van der Waals surface area contributed by atoms with Crippen LogP contribution in [0.4, 0.5) is 0 Å².